The number of carbonyl (C=O) groups excluding carboxylic acids is 1. The minimum absolute atomic E-state index is 0.111. The average Bonchev–Trinajstić information content (AvgIpc) is 3.10. The minimum atomic E-state index is -4.02. The number of halogens is 1. The molecule has 0 aromatic heterocycles. The van der Waals surface area contributed by atoms with Crippen molar-refractivity contribution in [3.05, 3.63) is 70.3 Å². The van der Waals surface area contributed by atoms with Gasteiger partial charge >= 0.3 is 0 Å². The number of fused-ring (bicyclic) bond motifs is 4. The van der Waals surface area contributed by atoms with Gasteiger partial charge < -0.3 is 19.5 Å². The fourth-order valence-electron chi connectivity index (χ4n) is 8.19. The molecule has 2 bridgehead atoms. The van der Waals surface area contributed by atoms with Crippen LogP contribution in [0, 0.1) is 17.8 Å². The van der Waals surface area contributed by atoms with Gasteiger partial charge in [0, 0.05) is 35.7 Å². The van der Waals surface area contributed by atoms with Crippen LogP contribution in [0.3, 0.4) is 0 Å². The third kappa shape index (κ3) is 6.01. The molecule has 2 N–H and O–H groups in total. The number of benzene rings is 2. The van der Waals surface area contributed by atoms with Gasteiger partial charge in [-0.1, -0.05) is 36.7 Å². The number of hydrogen-bond donors (Lipinski definition) is 2. The van der Waals surface area contributed by atoms with Crippen molar-refractivity contribution in [1.29, 1.82) is 0 Å². The van der Waals surface area contributed by atoms with Gasteiger partial charge in [-0.25, -0.2) is 13.1 Å². The van der Waals surface area contributed by atoms with Crippen LogP contribution in [0.25, 0.3) is 0 Å². The number of nitrogens with zero attached hydrogens (tertiary/aromatic N) is 1. The Morgan fingerprint density at radius 3 is 2.76 bits per heavy atom. The number of nitrogens with one attached hydrogen (secondary N) is 1. The maximum atomic E-state index is 13.7. The number of rotatable bonds is 2. The summed E-state index contributed by atoms with van der Waals surface area (Å²) in [5, 5.41) is 11.2. The van der Waals surface area contributed by atoms with Gasteiger partial charge in [0.25, 0.3) is 5.91 Å². The number of sulfonamides is 1. The van der Waals surface area contributed by atoms with Crippen LogP contribution in [0.15, 0.2) is 48.6 Å². The van der Waals surface area contributed by atoms with Gasteiger partial charge in [-0.2, -0.15) is 0 Å². The normalized spacial score (nSPS) is 35.0. The molecule has 3 heterocycles. The van der Waals surface area contributed by atoms with Crippen LogP contribution in [0.5, 0.6) is 5.75 Å². The van der Waals surface area contributed by atoms with E-state index in [9.17, 15) is 18.3 Å². The molecule has 2 fully saturated rings. The third-order valence-corrected chi connectivity index (χ3v) is 13.2. The number of aliphatic hydroxyl groups excluding tert-OH is 1. The predicted molar refractivity (Wildman–Crippen MR) is 175 cm³/mol. The Bertz CT molecular complexity index is 1590. The topological polar surface area (TPSA) is 105 Å². The van der Waals surface area contributed by atoms with Gasteiger partial charge in [-0.3, -0.25) is 4.79 Å². The van der Waals surface area contributed by atoms with E-state index in [1.165, 1.54) is 11.1 Å². The lowest BCUT2D eigenvalue weighted by Gasteiger charge is -2.45. The van der Waals surface area contributed by atoms with E-state index in [1.807, 2.05) is 25.1 Å². The zero-order valence-electron chi connectivity index (χ0n) is 25.8. The monoisotopic (exact) mass is 654 g/mol. The first kappa shape index (κ1) is 31.0. The lowest BCUT2D eigenvalue weighted by atomic mass is 9.68. The fraction of sp³-hybridized carbons (Fsp3) is 0.571. The number of anilines is 1. The number of allylic oxidation sites excluding steroid dienone is 1. The molecule has 2 aromatic carbocycles. The van der Waals surface area contributed by atoms with Gasteiger partial charge in [-0.05, 0) is 111 Å². The van der Waals surface area contributed by atoms with Crippen molar-refractivity contribution in [2.24, 2.45) is 17.8 Å². The summed E-state index contributed by atoms with van der Waals surface area (Å²) >= 11 is 6.41. The van der Waals surface area contributed by atoms with Crippen molar-refractivity contribution < 1.29 is 27.8 Å². The summed E-state index contributed by atoms with van der Waals surface area (Å²) in [4.78, 5) is 16.0. The summed E-state index contributed by atoms with van der Waals surface area (Å²) in [6, 6.07) is 11.4. The van der Waals surface area contributed by atoms with Gasteiger partial charge in [0.05, 0.1) is 29.8 Å². The lowest BCUT2D eigenvalue weighted by molar-refractivity contribution is -0.0564. The zero-order valence-corrected chi connectivity index (χ0v) is 27.4. The average molecular weight is 655 g/mol. The quantitative estimate of drug-likeness (QED) is 0.418. The molecule has 1 saturated heterocycles. The Morgan fingerprint density at radius 2 is 2.00 bits per heavy atom. The standard InChI is InChI=1S/C35H43ClN2O6S/c1-22-4-2-6-31(39)28-10-7-25(28)19-38-20-35(14-3-5-23-16-26(36)9-11-29(23)35)21-44-32-12-8-24(17-30(32)38)34(40)37-45(41,42)33(22)18-27-13-15-43-27/h2,6,8-9,11-12,16-17,22,25,27-28,31,33,39H,3-5,7,10,13-15,18-21H2,1H3,(H,37,40)/b6-2-/t22-,25-,27+,28+,31-,33+,35-/m0/s1. The molecule has 10 heteroatoms. The molecule has 1 spiro atoms. The first-order valence-electron chi connectivity index (χ1n) is 16.4. The van der Waals surface area contributed by atoms with Gasteiger partial charge in [0.2, 0.25) is 10.0 Å². The molecule has 0 radical (unpaired) electrons. The first-order valence-corrected chi connectivity index (χ1v) is 18.4. The van der Waals surface area contributed by atoms with Crippen molar-refractivity contribution in [3.63, 3.8) is 0 Å². The molecule has 1 amide bonds. The number of aliphatic hydroxyl groups is 1. The molecule has 3 aliphatic heterocycles. The fourth-order valence-corrected chi connectivity index (χ4v) is 10.1. The minimum Gasteiger partial charge on any atom is -0.490 e. The van der Waals surface area contributed by atoms with Crippen molar-refractivity contribution >= 4 is 33.2 Å². The number of amides is 1. The molecular formula is C35H43ClN2O6S. The SMILES string of the molecule is C[C@H]1C/C=C\[C@H](O)[C@@H]2CC[C@H]2CN2C[C@@]3(CCCc4cc(Cl)ccc43)COc3ccc(cc32)C(=O)NS(=O)(=O)[C@@H]1C[C@H]1CCO1. The van der Waals surface area contributed by atoms with Gasteiger partial charge in [-0.15, -0.1) is 0 Å². The lowest BCUT2D eigenvalue weighted by Crippen LogP contribution is -2.49. The highest BCUT2D eigenvalue weighted by Crippen LogP contribution is 2.47. The van der Waals surface area contributed by atoms with E-state index in [0.717, 1.165) is 49.2 Å². The van der Waals surface area contributed by atoms with Crippen LogP contribution >= 0.6 is 11.6 Å². The Kier molecular flexibility index (Phi) is 8.42. The molecule has 7 rings (SSSR count). The number of aryl methyl sites for hydroxylation is 1. The summed E-state index contributed by atoms with van der Waals surface area (Å²) in [5.41, 5.74) is 3.30. The summed E-state index contributed by atoms with van der Waals surface area (Å²) < 4.78 is 42.1. The Morgan fingerprint density at radius 1 is 1.16 bits per heavy atom. The van der Waals surface area contributed by atoms with E-state index in [0.29, 0.717) is 44.9 Å². The van der Waals surface area contributed by atoms with Crippen LogP contribution in [0.4, 0.5) is 5.69 Å². The highest BCUT2D eigenvalue weighted by Gasteiger charge is 2.44. The molecule has 7 atom stereocenters. The summed E-state index contributed by atoms with van der Waals surface area (Å²) in [6.45, 7) is 4.41. The van der Waals surface area contributed by atoms with E-state index in [2.05, 4.69) is 21.8 Å². The zero-order chi connectivity index (χ0) is 31.3. The van der Waals surface area contributed by atoms with Crippen molar-refractivity contribution in [2.75, 3.05) is 31.2 Å². The Labute approximate surface area is 271 Å². The van der Waals surface area contributed by atoms with E-state index in [4.69, 9.17) is 21.1 Å². The van der Waals surface area contributed by atoms with Gasteiger partial charge in [0.15, 0.2) is 0 Å². The second-order valence-electron chi connectivity index (χ2n) is 14.0. The van der Waals surface area contributed by atoms with Crippen LogP contribution in [0.2, 0.25) is 5.02 Å². The second-order valence-corrected chi connectivity index (χ2v) is 16.3. The predicted octanol–water partition coefficient (Wildman–Crippen LogP) is 5.40. The van der Waals surface area contributed by atoms with Crippen molar-refractivity contribution in [3.8, 4) is 5.75 Å². The molecule has 5 aliphatic rings. The van der Waals surface area contributed by atoms with E-state index >= 15 is 0 Å². The summed E-state index contributed by atoms with van der Waals surface area (Å²) in [7, 11) is -4.02. The molecule has 242 valence electrons. The third-order valence-electron chi connectivity index (χ3n) is 11.1. The van der Waals surface area contributed by atoms with Crippen LogP contribution in [-0.4, -0.2) is 63.2 Å². The molecule has 0 unspecified atom stereocenters. The van der Waals surface area contributed by atoms with Crippen LogP contribution in [-0.2, 0) is 26.6 Å². The second kappa shape index (κ2) is 12.2. The van der Waals surface area contributed by atoms with E-state index < -0.39 is 27.3 Å². The molecule has 2 aliphatic carbocycles. The highest BCUT2D eigenvalue weighted by molar-refractivity contribution is 7.90. The molecule has 45 heavy (non-hydrogen) atoms. The number of carbonyl (C=O) groups is 1. The molecule has 8 nitrogen and oxygen atoms in total. The Balaban J connectivity index is 1.27. The first-order chi connectivity index (χ1) is 21.6. The van der Waals surface area contributed by atoms with Crippen LogP contribution < -0.4 is 14.4 Å². The largest absolute Gasteiger partial charge is 0.490 e. The maximum Gasteiger partial charge on any atom is 0.264 e. The van der Waals surface area contributed by atoms with Gasteiger partial charge in [0.1, 0.15) is 5.75 Å². The van der Waals surface area contributed by atoms with E-state index in [-0.39, 0.29) is 34.8 Å². The molecular weight excluding hydrogens is 612 g/mol. The maximum absolute atomic E-state index is 13.7. The van der Waals surface area contributed by atoms with E-state index in [1.54, 1.807) is 18.2 Å². The summed E-state index contributed by atoms with van der Waals surface area (Å²) in [6.07, 6.45) is 9.55. The highest BCUT2D eigenvalue weighted by atomic mass is 35.5. The summed E-state index contributed by atoms with van der Waals surface area (Å²) in [5.74, 6) is 0.153. The molecule has 2 aromatic rings. The van der Waals surface area contributed by atoms with Crippen LogP contribution in [0.1, 0.15) is 73.4 Å². The Hall–Kier alpha value is -2.59. The van der Waals surface area contributed by atoms with Crippen molar-refractivity contribution in [2.45, 2.75) is 81.2 Å². The number of hydrogen-bond acceptors (Lipinski definition) is 7. The number of ether oxygens (including phenoxy) is 2. The van der Waals surface area contributed by atoms with Crippen molar-refractivity contribution in [1.82, 2.24) is 4.72 Å². The molecule has 1 saturated carbocycles. The smallest absolute Gasteiger partial charge is 0.264 e.